The highest BCUT2D eigenvalue weighted by molar-refractivity contribution is 6.30. The lowest BCUT2D eigenvalue weighted by atomic mass is 10.0. The van der Waals surface area contributed by atoms with Gasteiger partial charge in [-0.1, -0.05) is 63.6 Å². The average Bonchev–Trinajstić information content (AvgIpc) is 2.75. The summed E-state index contributed by atoms with van der Waals surface area (Å²) >= 11 is 5.98. The minimum absolute atomic E-state index is 0.142. The van der Waals surface area contributed by atoms with E-state index >= 15 is 0 Å². The normalized spacial score (nSPS) is 12.0. The molecule has 168 valence electrons. The number of hydrogen-bond acceptors (Lipinski definition) is 3. The van der Waals surface area contributed by atoms with Gasteiger partial charge in [-0.25, -0.2) is 0 Å². The lowest BCUT2D eigenvalue weighted by Crippen LogP contribution is -2.49. The summed E-state index contributed by atoms with van der Waals surface area (Å²) in [7, 11) is 0. The van der Waals surface area contributed by atoms with Crippen molar-refractivity contribution >= 4 is 23.4 Å². The fourth-order valence-electron chi connectivity index (χ4n) is 3.00. The first kappa shape index (κ1) is 24.7. The Bertz CT molecular complexity index is 848. The van der Waals surface area contributed by atoms with Crippen LogP contribution >= 0.6 is 11.6 Å². The molecule has 0 aliphatic heterocycles. The number of amides is 2. The third-order valence-corrected chi connectivity index (χ3v) is 5.28. The summed E-state index contributed by atoms with van der Waals surface area (Å²) in [6.45, 7) is 10.8. The van der Waals surface area contributed by atoms with Crippen LogP contribution in [0.15, 0.2) is 48.5 Å². The fraction of sp³-hybridized carbons (Fsp3) is 0.440. The summed E-state index contributed by atoms with van der Waals surface area (Å²) in [5, 5.41) is 3.53. The maximum Gasteiger partial charge on any atom is 0.261 e. The van der Waals surface area contributed by atoms with Gasteiger partial charge in [0, 0.05) is 18.1 Å². The van der Waals surface area contributed by atoms with Gasteiger partial charge in [0.1, 0.15) is 11.8 Å². The Morgan fingerprint density at radius 2 is 1.58 bits per heavy atom. The second kappa shape index (κ2) is 11.8. The van der Waals surface area contributed by atoms with Crippen molar-refractivity contribution in [3.05, 3.63) is 64.7 Å². The average molecular weight is 445 g/mol. The predicted molar refractivity (Wildman–Crippen MR) is 125 cm³/mol. The quantitative estimate of drug-likeness (QED) is 0.559. The Hall–Kier alpha value is -2.53. The van der Waals surface area contributed by atoms with Crippen molar-refractivity contribution in [3.8, 4) is 5.75 Å². The van der Waals surface area contributed by atoms with Crippen molar-refractivity contribution in [3.63, 3.8) is 0 Å². The van der Waals surface area contributed by atoms with E-state index in [9.17, 15) is 9.59 Å². The molecule has 2 amide bonds. The van der Waals surface area contributed by atoms with Crippen molar-refractivity contribution < 1.29 is 14.3 Å². The van der Waals surface area contributed by atoms with Gasteiger partial charge in [-0.2, -0.15) is 0 Å². The molecule has 0 unspecified atom stereocenters. The number of halogens is 1. The first-order chi connectivity index (χ1) is 14.7. The number of nitrogens with zero attached hydrogens (tertiary/aromatic N) is 1. The van der Waals surface area contributed by atoms with Gasteiger partial charge in [-0.05, 0) is 54.2 Å². The molecule has 0 fully saturated rings. The molecule has 0 saturated carbocycles. The van der Waals surface area contributed by atoms with Crippen LogP contribution < -0.4 is 10.1 Å². The van der Waals surface area contributed by atoms with Gasteiger partial charge >= 0.3 is 0 Å². The van der Waals surface area contributed by atoms with Crippen LogP contribution in [-0.4, -0.2) is 35.9 Å². The SMILES string of the molecule is CC(C)CNC(=O)[C@H](C)N(Cc1ccc(Cl)cc1)C(=O)COc1ccc(C(C)C)cc1. The predicted octanol–water partition coefficient (Wildman–Crippen LogP) is 5.03. The maximum absolute atomic E-state index is 13.0. The van der Waals surface area contributed by atoms with E-state index in [0.29, 0.717) is 35.7 Å². The number of benzene rings is 2. The number of nitrogens with one attached hydrogen (secondary N) is 1. The molecule has 0 radical (unpaired) electrons. The van der Waals surface area contributed by atoms with Crippen molar-refractivity contribution in [2.24, 2.45) is 5.92 Å². The lowest BCUT2D eigenvalue weighted by molar-refractivity contribution is -0.142. The largest absolute Gasteiger partial charge is 0.484 e. The zero-order valence-corrected chi connectivity index (χ0v) is 19.8. The zero-order valence-electron chi connectivity index (χ0n) is 19.0. The van der Waals surface area contributed by atoms with E-state index in [0.717, 1.165) is 5.56 Å². The Morgan fingerprint density at radius 1 is 0.968 bits per heavy atom. The summed E-state index contributed by atoms with van der Waals surface area (Å²) in [6, 6.07) is 14.4. The van der Waals surface area contributed by atoms with E-state index in [4.69, 9.17) is 16.3 Å². The van der Waals surface area contributed by atoms with E-state index in [1.54, 1.807) is 24.0 Å². The van der Waals surface area contributed by atoms with Crippen LogP contribution in [0, 0.1) is 5.92 Å². The molecule has 0 aliphatic carbocycles. The molecule has 5 nitrogen and oxygen atoms in total. The van der Waals surface area contributed by atoms with Gasteiger partial charge in [0.15, 0.2) is 6.61 Å². The van der Waals surface area contributed by atoms with Gasteiger partial charge in [-0.15, -0.1) is 0 Å². The molecule has 0 aromatic heterocycles. The topological polar surface area (TPSA) is 58.6 Å². The highest BCUT2D eigenvalue weighted by Crippen LogP contribution is 2.19. The lowest BCUT2D eigenvalue weighted by Gasteiger charge is -2.29. The minimum atomic E-state index is -0.631. The summed E-state index contributed by atoms with van der Waals surface area (Å²) in [5.41, 5.74) is 2.10. The Morgan fingerprint density at radius 3 is 2.13 bits per heavy atom. The summed E-state index contributed by atoms with van der Waals surface area (Å²) < 4.78 is 5.72. The molecule has 1 atom stereocenters. The van der Waals surface area contributed by atoms with E-state index in [1.807, 2.05) is 50.2 Å². The van der Waals surface area contributed by atoms with Crippen LogP contribution in [0.2, 0.25) is 5.02 Å². The molecule has 0 heterocycles. The number of carbonyl (C=O) groups is 2. The van der Waals surface area contributed by atoms with Gasteiger partial charge in [-0.3, -0.25) is 9.59 Å². The maximum atomic E-state index is 13.0. The Balaban J connectivity index is 2.10. The minimum Gasteiger partial charge on any atom is -0.484 e. The van der Waals surface area contributed by atoms with E-state index in [-0.39, 0.29) is 18.4 Å². The van der Waals surface area contributed by atoms with Crippen LogP contribution in [-0.2, 0) is 16.1 Å². The molecule has 0 spiro atoms. The number of rotatable bonds is 10. The molecule has 2 aromatic rings. The van der Waals surface area contributed by atoms with Crippen molar-refractivity contribution in [1.82, 2.24) is 10.2 Å². The molecule has 0 aliphatic rings. The van der Waals surface area contributed by atoms with Crippen molar-refractivity contribution in [2.75, 3.05) is 13.2 Å². The first-order valence-electron chi connectivity index (χ1n) is 10.7. The highest BCUT2D eigenvalue weighted by Gasteiger charge is 2.26. The molecule has 1 N–H and O–H groups in total. The second-order valence-corrected chi connectivity index (χ2v) is 8.91. The molecule has 0 saturated heterocycles. The standard InChI is InChI=1S/C25H33ClN2O3/c1-17(2)14-27-25(30)19(5)28(15-20-6-10-22(26)11-7-20)24(29)16-31-23-12-8-21(9-13-23)18(3)4/h6-13,17-19H,14-16H2,1-5H3,(H,27,30)/t19-/m0/s1. The van der Waals surface area contributed by atoms with Crippen LogP contribution in [0.5, 0.6) is 5.75 Å². The molecule has 2 aromatic carbocycles. The van der Waals surface area contributed by atoms with Crippen LogP contribution in [0.1, 0.15) is 51.7 Å². The van der Waals surface area contributed by atoms with Crippen molar-refractivity contribution in [1.29, 1.82) is 0 Å². The van der Waals surface area contributed by atoms with Gasteiger partial charge in [0.25, 0.3) is 5.91 Å². The van der Waals surface area contributed by atoms with Crippen LogP contribution in [0.25, 0.3) is 0 Å². The van der Waals surface area contributed by atoms with E-state index in [2.05, 4.69) is 19.2 Å². The molecular formula is C25H33ClN2O3. The van der Waals surface area contributed by atoms with Crippen molar-refractivity contribution in [2.45, 2.75) is 53.1 Å². The van der Waals surface area contributed by atoms with Gasteiger partial charge in [0.05, 0.1) is 0 Å². The molecule has 0 bridgehead atoms. The Kier molecular flexibility index (Phi) is 9.38. The second-order valence-electron chi connectivity index (χ2n) is 8.48. The number of hydrogen-bond donors (Lipinski definition) is 1. The smallest absolute Gasteiger partial charge is 0.261 e. The molecule has 2 rings (SSSR count). The van der Waals surface area contributed by atoms with E-state index in [1.165, 1.54) is 5.56 Å². The van der Waals surface area contributed by atoms with Gasteiger partial charge in [0.2, 0.25) is 5.91 Å². The molecular weight excluding hydrogens is 412 g/mol. The highest BCUT2D eigenvalue weighted by atomic mass is 35.5. The molecule has 6 heteroatoms. The van der Waals surface area contributed by atoms with Crippen LogP contribution in [0.4, 0.5) is 0 Å². The fourth-order valence-corrected chi connectivity index (χ4v) is 3.12. The summed E-state index contributed by atoms with van der Waals surface area (Å²) in [5.74, 6) is 0.943. The third-order valence-electron chi connectivity index (χ3n) is 5.03. The first-order valence-corrected chi connectivity index (χ1v) is 11.1. The number of ether oxygens (including phenoxy) is 1. The molecule has 31 heavy (non-hydrogen) atoms. The van der Waals surface area contributed by atoms with Crippen LogP contribution in [0.3, 0.4) is 0 Å². The monoisotopic (exact) mass is 444 g/mol. The summed E-state index contributed by atoms with van der Waals surface area (Å²) in [6.07, 6.45) is 0. The third kappa shape index (κ3) is 7.91. The Labute approximate surface area is 190 Å². The zero-order chi connectivity index (χ0) is 23.0. The van der Waals surface area contributed by atoms with Gasteiger partial charge < -0.3 is 15.0 Å². The van der Waals surface area contributed by atoms with E-state index < -0.39 is 6.04 Å². The summed E-state index contributed by atoms with van der Waals surface area (Å²) in [4.78, 5) is 27.2. The number of carbonyl (C=O) groups excluding carboxylic acids is 2.